The number of carbonyl (C=O) groups excluding carboxylic acids is 1. The fraction of sp³-hybridized carbons (Fsp3) is 0.720. The summed E-state index contributed by atoms with van der Waals surface area (Å²) in [6.07, 6.45) is 2.77. The van der Waals surface area contributed by atoms with Gasteiger partial charge in [-0.25, -0.2) is 4.84 Å². The Morgan fingerprint density at radius 3 is 2.72 bits per heavy atom. The molecule has 1 aromatic carbocycles. The molecule has 2 saturated heterocycles. The lowest BCUT2D eigenvalue weighted by Gasteiger charge is -2.33. The van der Waals surface area contributed by atoms with Crippen molar-refractivity contribution in [3.05, 3.63) is 29.3 Å². The number of rotatable bonds is 13. The first kappa shape index (κ1) is 28.7. The van der Waals surface area contributed by atoms with Crippen LogP contribution in [0.3, 0.4) is 0 Å². The third-order valence-electron chi connectivity index (χ3n) is 6.51. The van der Waals surface area contributed by atoms with Gasteiger partial charge in [0.05, 0.1) is 19.3 Å². The highest BCUT2D eigenvalue weighted by Crippen LogP contribution is 2.27. The van der Waals surface area contributed by atoms with Gasteiger partial charge in [-0.1, -0.05) is 11.9 Å². The number of hydrogen-bond donors (Lipinski definition) is 3. The molecular formula is C25H42N4O7. The molecule has 0 aromatic heterocycles. The van der Waals surface area contributed by atoms with Crippen LogP contribution in [0.15, 0.2) is 18.2 Å². The van der Waals surface area contributed by atoms with Crippen LogP contribution in [0.4, 0.5) is 0 Å². The number of hydrazine groups is 1. The Morgan fingerprint density at radius 1 is 1.31 bits per heavy atom. The number of aliphatic hydroxyl groups is 2. The van der Waals surface area contributed by atoms with E-state index in [2.05, 4.69) is 17.1 Å². The van der Waals surface area contributed by atoms with Crippen molar-refractivity contribution in [1.29, 1.82) is 0 Å². The average Bonchev–Trinajstić information content (AvgIpc) is 3.35. The van der Waals surface area contributed by atoms with Gasteiger partial charge in [-0.15, -0.1) is 0 Å². The molecule has 2 unspecified atom stereocenters. The number of aliphatic hydroxyl groups excluding tert-OH is 2. The molecule has 0 bridgehead atoms. The van der Waals surface area contributed by atoms with Crippen LogP contribution in [0.1, 0.15) is 48.5 Å². The summed E-state index contributed by atoms with van der Waals surface area (Å²) in [5.74, 6) is 1.26. The largest absolute Gasteiger partial charge is 0.494 e. The fourth-order valence-electron chi connectivity index (χ4n) is 4.46. The van der Waals surface area contributed by atoms with Crippen LogP contribution in [0.5, 0.6) is 5.75 Å². The highest BCUT2D eigenvalue weighted by atomic mass is 17.4. The van der Waals surface area contributed by atoms with Crippen LogP contribution in [-0.4, -0.2) is 97.2 Å². The number of nitrogens with one attached hydrogen (secondary N) is 1. The van der Waals surface area contributed by atoms with Crippen molar-refractivity contribution in [2.24, 2.45) is 11.8 Å². The Labute approximate surface area is 213 Å². The Morgan fingerprint density at radius 2 is 2.06 bits per heavy atom. The molecule has 2 aliphatic rings. The number of ether oxygens (including phenoxy) is 1. The Balaban J connectivity index is 1.32. The van der Waals surface area contributed by atoms with Crippen molar-refractivity contribution in [1.82, 2.24) is 20.6 Å². The average molecular weight is 511 g/mol. The first-order chi connectivity index (χ1) is 17.3. The first-order valence-corrected chi connectivity index (χ1v) is 12.8. The zero-order valence-corrected chi connectivity index (χ0v) is 21.9. The van der Waals surface area contributed by atoms with E-state index in [4.69, 9.17) is 24.6 Å². The number of aryl methyl sites for hydroxylation is 1. The summed E-state index contributed by atoms with van der Waals surface area (Å²) in [6, 6.07) is 5.35. The summed E-state index contributed by atoms with van der Waals surface area (Å²) >= 11 is 0. The maximum atomic E-state index is 12.2. The molecule has 11 nitrogen and oxygen atoms in total. The molecule has 0 saturated carbocycles. The summed E-state index contributed by atoms with van der Waals surface area (Å²) in [5.41, 5.74) is 1.32. The van der Waals surface area contributed by atoms with Crippen molar-refractivity contribution in [2.45, 2.75) is 51.9 Å². The summed E-state index contributed by atoms with van der Waals surface area (Å²) < 4.78 is 5.91. The van der Waals surface area contributed by atoms with Gasteiger partial charge in [0.25, 0.3) is 5.91 Å². The fourth-order valence-corrected chi connectivity index (χ4v) is 4.46. The molecule has 11 heteroatoms. The minimum Gasteiger partial charge on any atom is -0.494 e. The molecular weight excluding hydrogens is 468 g/mol. The van der Waals surface area contributed by atoms with Crippen molar-refractivity contribution in [3.8, 4) is 5.75 Å². The lowest BCUT2D eigenvalue weighted by Crippen LogP contribution is -2.45. The van der Waals surface area contributed by atoms with Gasteiger partial charge in [0.1, 0.15) is 5.75 Å². The topological polar surface area (TPSA) is 116 Å². The number of carbonyl (C=O) groups is 1. The molecule has 2 aliphatic heterocycles. The number of piperidine rings is 1. The molecule has 3 atom stereocenters. The normalized spacial score (nSPS) is 21.6. The quantitative estimate of drug-likeness (QED) is 0.266. The molecule has 1 amide bonds. The van der Waals surface area contributed by atoms with E-state index in [1.165, 1.54) is 5.34 Å². The van der Waals surface area contributed by atoms with Crippen molar-refractivity contribution < 1.29 is 34.5 Å². The van der Waals surface area contributed by atoms with E-state index in [-0.39, 0.29) is 18.4 Å². The van der Waals surface area contributed by atoms with Crippen LogP contribution >= 0.6 is 0 Å². The van der Waals surface area contributed by atoms with Crippen molar-refractivity contribution >= 4 is 5.91 Å². The molecule has 0 aliphatic carbocycles. The minimum atomic E-state index is -0.964. The van der Waals surface area contributed by atoms with Gasteiger partial charge in [-0.05, 0) is 76.4 Å². The van der Waals surface area contributed by atoms with E-state index in [0.717, 1.165) is 56.6 Å². The maximum absolute atomic E-state index is 12.2. The van der Waals surface area contributed by atoms with Gasteiger partial charge in [-0.3, -0.25) is 4.79 Å². The molecule has 3 N–H and O–H groups in total. The number of hydrogen-bond acceptors (Lipinski definition) is 10. The van der Waals surface area contributed by atoms with Crippen LogP contribution in [0, 0.1) is 18.8 Å². The van der Waals surface area contributed by atoms with Crippen LogP contribution in [0.25, 0.3) is 0 Å². The van der Waals surface area contributed by atoms with Crippen LogP contribution in [0.2, 0.25) is 0 Å². The maximum Gasteiger partial charge on any atom is 0.251 e. The molecule has 0 spiro atoms. The van der Waals surface area contributed by atoms with E-state index in [9.17, 15) is 9.90 Å². The molecule has 36 heavy (non-hydrogen) atoms. The second-order valence-corrected chi connectivity index (χ2v) is 10.0. The molecule has 1 aromatic rings. The summed E-state index contributed by atoms with van der Waals surface area (Å²) in [6.45, 7) is 6.70. The van der Waals surface area contributed by atoms with Gasteiger partial charge >= 0.3 is 0 Å². The number of benzene rings is 1. The highest BCUT2D eigenvalue weighted by Gasteiger charge is 2.36. The molecule has 2 heterocycles. The van der Waals surface area contributed by atoms with Crippen molar-refractivity contribution in [2.75, 3.05) is 53.5 Å². The van der Waals surface area contributed by atoms with E-state index in [1.54, 1.807) is 12.1 Å². The zero-order valence-electron chi connectivity index (χ0n) is 21.9. The zero-order chi connectivity index (χ0) is 26.1. The van der Waals surface area contributed by atoms with E-state index in [0.29, 0.717) is 18.1 Å². The Hall–Kier alpha value is -1.83. The predicted octanol–water partition coefficient (Wildman–Crippen LogP) is 1.50. The van der Waals surface area contributed by atoms with Crippen molar-refractivity contribution in [3.63, 3.8) is 0 Å². The standard InChI is InChI=1S/C25H42N4O7/c1-18-14-22(7-8-23(18)24(32)26-15-21(31)17-30)33-13-5-6-20-9-11-28(12-10-20)29-34-25(35-36-29)19(2)16-27(3)4/h7-8,14,19-21,25,30-31H,5-6,9-13,15-17H2,1-4H3,(H,26,32)/t19?,21-,25?/m0/s1. The number of nitrogens with zero attached hydrogens (tertiary/aromatic N) is 3. The lowest BCUT2D eigenvalue weighted by atomic mass is 9.93. The predicted molar refractivity (Wildman–Crippen MR) is 132 cm³/mol. The van der Waals surface area contributed by atoms with E-state index < -0.39 is 19.0 Å². The van der Waals surface area contributed by atoms with Crippen LogP contribution in [-0.2, 0) is 14.7 Å². The third kappa shape index (κ3) is 8.63. The van der Waals surface area contributed by atoms with Gasteiger partial charge < -0.3 is 25.2 Å². The molecule has 3 rings (SSSR count). The van der Waals surface area contributed by atoms with Gasteiger partial charge in [0.15, 0.2) is 0 Å². The lowest BCUT2D eigenvalue weighted by molar-refractivity contribution is -0.487. The summed E-state index contributed by atoms with van der Waals surface area (Å²) in [7, 11) is 4.04. The smallest absolute Gasteiger partial charge is 0.251 e. The second kappa shape index (κ2) is 14.2. The van der Waals surface area contributed by atoms with Gasteiger partial charge in [-0.2, -0.15) is 9.90 Å². The van der Waals surface area contributed by atoms with Crippen LogP contribution < -0.4 is 10.1 Å². The molecule has 204 valence electrons. The second-order valence-electron chi connectivity index (χ2n) is 10.0. The number of amides is 1. The Kier molecular flexibility index (Phi) is 11.3. The van der Waals surface area contributed by atoms with Gasteiger partial charge in [0.2, 0.25) is 6.29 Å². The summed E-state index contributed by atoms with van der Waals surface area (Å²) in [4.78, 5) is 30.8. The Bertz CT molecular complexity index is 820. The highest BCUT2D eigenvalue weighted by molar-refractivity contribution is 5.95. The molecule has 2 fully saturated rings. The van der Waals surface area contributed by atoms with E-state index in [1.807, 2.05) is 32.1 Å². The van der Waals surface area contributed by atoms with E-state index >= 15 is 0 Å². The van der Waals surface area contributed by atoms with Gasteiger partial charge in [0, 0.05) is 43.0 Å². The minimum absolute atomic E-state index is 0.00824. The SMILES string of the molecule is Cc1cc(OCCCC2CCN(N3OOC(C(C)CN(C)C)O3)CC2)ccc1C(=O)NC[C@H](O)CO. The summed E-state index contributed by atoms with van der Waals surface area (Å²) in [5, 5.41) is 24.3. The monoisotopic (exact) mass is 510 g/mol. The third-order valence-corrected chi connectivity index (χ3v) is 6.51. The first-order valence-electron chi connectivity index (χ1n) is 12.8. The molecule has 0 radical (unpaired) electrons.